The first-order valence-corrected chi connectivity index (χ1v) is 12.3. The van der Waals surface area contributed by atoms with Crippen molar-refractivity contribution in [3.63, 3.8) is 0 Å². The topological polar surface area (TPSA) is 43.7 Å². The molecule has 0 radical (unpaired) electrons. The van der Waals surface area contributed by atoms with Gasteiger partial charge in [-0.05, 0) is 92.5 Å². The molecule has 0 amide bonds. The highest BCUT2D eigenvalue weighted by atomic mass is 16.3. The van der Waals surface area contributed by atoms with E-state index >= 15 is 0 Å². The van der Waals surface area contributed by atoms with Crippen LogP contribution in [0.15, 0.2) is 47.1 Å². The van der Waals surface area contributed by atoms with Gasteiger partial charge in [0, 0.05) is 31.1 Å². The Morgan fingerprint density at radius 1 is 1.06 bits per heavy atom. The number of allylic oxidation sites excluding steroid dienone is 3. The Bertz CT molecular complexity index is 1020. The standard InChI is InChI=1S/C29H37NO2/c1-5-15-29(32)16-14-26-24-12-8-20-17-22(31)11-13-23(20)27(24)25(18-28(26,29)2)19-6-9-21(10-7-19)30(3)4/h6-7,9-10,17,22,24-26,31-32H,8,11-14,16,18H2,1-4H3/t22-,24-,25+,26-,28-,29+/m0/s1. The van der Waals surface area contributed by atoms with Gasteiger partial charge in [-0.25, -0.2) is 0 Å². The Morgan fingerprint density at radius 2 is 1.81 bits per heavy atom. The molecule has 2 fully saturated rings. The maximum atomic E-state index is 11.7. The zero-order valence-electron chi connectivity index (χ0n) is 20.0. The van der Waals surface area contributed by atoms with Gasteiger partial charge in [0.1, 0.15) is 5.60 Å². The van der Waals surface area contributed by atoms with Crippen LogP contribution in [0.4, 0.5) is 5.69 Å². The number of aliphatic hydroxyl groups is 2. The molecular weight excluding hydrogens is 394 g/mol. The molecule has 1 aromatic rings. The lowest BCUT2D eigenvalue weighted by Gasteiger charge is -2.54. The van der Waals surface area contributed by atoms with Crippen LogP contribution in [0, 0.1) is 29.1 Å². The summed E-state index contributed by atoms with van der Waals surface area (Å²) >= 11 is 0. The van der Waals surface area contributed by atoms with Crippen molar-refractivity contribution in [3.05, 3.63) is 52.6 Å². The fourth-order valence-electron chi connectivity index (χ4n) is 7.50. The van der Waals surface area contributed by atoms with Crippen molar-refractivity contribution in [1.82, 2.24) is 0 Å². The van der Waals surface area contributed by atoms with E-state index in [0.29, 0.717) is 17.8 Å². The summed E-state index contributed by atoms with van der Waals surface area (Å²) in [6, 6.07) is 9.04. The minimum Gasteiger partial charge on any atom is -0.389 e. The van der Waals surface area contributed by atoms with Gasteiger partial charge in [0.2, 0.25) is 0 Å². The van der Waals surface area contributed by atoms with Crippen LogP contribution in [0.5, 0.6) is 0 Å². The van der Waals surface area contributed by atoms with Gasteiger partial charge in [0.25, 0.3) is 0 Å². The number of fused-ring (bicyclic) bond motifs is 4. The Hall–Kier alpha value is -2.02. The lowest BCUT2D eigenvalue weighted by atomic mass is 9.51. The summed E-state index contributed by atoms with van der Waals surface area (Å²) in [6.45, 7) is 4.17. The van der Waals surface area contributed by atoms with Crippen LogP contribution in [0.3, 0.4) is 0 Å². The molecule has 3 nitrogen and oxygen atoms in total. The number of benzene rings is 1. The van der Waals surface area contributed by atoms with E-state index in [0.717, 1.165) is 44.9 Å². The SMILES string of the molecule is CC#C[C@@]1(O)CC[C@H]2[C@@H]3CCC4=C[C@@H](O)CCC4=C3[C@@H](c3ccc(N(C)C)cc3)C[C@@]21C. The van der Waals surface area contributed by atoms with Crippen LogP contribution in [-0.4, -0.2) is 36.0 Å². The first-order valence-electron chi connectivity index (χ1n) is 12.3. The number of rotatable bonds is 2. The summed E-state index contributed by atoms with van der Waals surface area (Å²) in [5.74, 6) is 7.58. The molecule has 4 aliphatic rings. The molecule has 170 valence electrons. The Labute approximate surface area is 193 Å². The fraction of sp³-hybridized carbons (Fsp3) is 0.586. The third-order valence-electron chi connectivity index (χ3n) is 9.16. The third kappa shape index (κ3) is 3.18. The molecule has 2 saturated carbocycles. The lowest BCUT2D eigenvalue weighted by molar-refractivity contribution is -0.0514. The Kier molecular flexibility index (Phi) is 5.31. The normalized spacial score (nSPS) is 38.1. The largest absolute Gasteiger partial charge is 0.389 e. The van der Waals surface area contributed by atoms with Gasteiger partial charge in [-0.2, -0.15) is 0 Å². The first kappa shape index (κ1) is 21.8. The van der Waals surface area contributed by atoms with Crippen LogP contribution >= 0.6 is 0 Å². The van der Waals surface area contributed by atoms with Gasteiger partial charge >= 0.3 is 0 Å². The first-order chi connectivity index (χ1) is 15.3. The van der Waals surface area contributed by atoms with E-state index < -0.39 is 5.60 Å². The van der Waals surface area contributed by atoms with Crippen molar-refractivity contribution in [1.29, 1.82) is 0 Å². The number of anilines is 1. The van der Waals surface area contributed by atoms with E-state index in [9.17, 15) is 10.2 Å². The van der Waals surface area contributed by atoms with Crippen LogP contribution in [0.2, 0.25) is 0 Å². The molecule has 4 aliphatic carbocycles. The molecular formula is C29H37NO2. The number of aliphatic hydroxyl groups excluding tert-OH is 1. The highest BCUT2D eigenvalue weighted by Gasteiger charge is 2.62. The van der Waals surface area contributed by atoms with Crippen LogP contribution in [-0.2, 0) is 0 Å². The zero-order chi connectivity index (χ0) is 22.7. The molecule has 0 heterocycles. The quantitative estimate of drug-likeness (QED) is 0.633. The molecule has 6 atom stereocenters. The molecule has 0 unspecified atom stereocenters. The molecule has 0 aliphatic heterocycles. The Balaban J connectivity index is 1.66. The molecule has 0 saturated heterocycles. The Morgan fingerprint density at radius 3 is 2.50 bits per heavy atom. The van der Waals surface area contributed by atoms with Gasteiger partial charge in [-0.3, -0.25) is 0 Å². The van der Waals surface area contributed by atoms with E-state index in [2.05, 4.69) is 68.1 Å². The van der Waals surface area contributed by atoms with E-state index in [1.54, 1.807) is 5.57 Å². The highest BCUT2D eigenvalue weighted by Crippen LogP contribution is 2.66. The van der Waals surface area contributed by atoms with Crippen LogP contribution in [0.1, 0.15) is 70.3 Å². The molecule has 0 aromatic heterocycles. The zero-order valence-corrected chi connectivity index (χ0v) is 20.0. The molecule has 3 heteroatoms. The molecule has 0 spiro atoms. The predicted molar refractivity (Wildman–Crippen MR) is 130 cm³/mol. The smallest absolute Gasteiger partial charge is 0.131 e. The van der Waals surface area contributed by atoms with Crippen molar-refractivity contribution in [2.24, 2.45) is 17.3 Å². The number of hydrogen-bond acceptors (Lipinski definition) is 3. The van der Waals surface area contributed by atoms with Gasteiger partial charge in [-0.1, -0.05) is 36.6 Å². The monoisotopic (exact) mass is 431 g/mol. The molecule has 0 bridgehead atoms. The second-order valence-corrected chi connectivity index (χ2v) is 10.9. The predicted octanol–water partition coefficient (Wildman–Crippen LogP) is 5.20. The van der Waals surface area contributed by atoms with Crippen molar-refractivity contribution < 1.29 is 10.2 Å². The van der Waals surface area contributed by atoms with E-state index in [-0.39, 0.29) is 11.5 Å². The molecule has 5 rings (SSSR count). The highest BCUT2D eigenvalue weighted by molar-refractivity contribution is 5.52. The number of hydrogen-bond donors (Lipinski definition) is 2. The molecule has 1 aromatic carbocycles. The molecule has 2 N–H and O–H groups in total. The molecule has 32 heavy (non-hydrogen) atoms. The summed E-state index contributed by atoms with van der Waals surface area (Å²) in [5.41, 5.74) is 5.98. The van der Waals surface area contributed by atoms with Crippen molar-refractivity contribution in [2.75, 3.05) is 19.0 Å². The summed E-state index contributed by atoms with van der Waals surface area (Å²) in [7, 11) is 4.16. The van der Waals surface area contributed by atoms with Crippen LogP contribution < -0.4 is 4.90 Å². The third-order valence-corrected chi connectivity index (χ3v) is 9.16. The van der Waals surface area contributed by atoms with Gasteiger partial charge in [0.05, 0.1) is 6.10 Å². The van der Waals surface area contributed by atoms with Crippen LogP contribution in [0.25, 0.3) is 0 Å². The maximum Gasteiger partial charge on any atom is 0.131 e. The van der Waals surface area contributed by atoms with Crippen molar-refractivity contribution >= 4 is 5.69 Å². The summed E-state index contributed by atoms with van der Waals surface area (Å²) in [5, 5.41) is 22.0. The second kappa shape index (κ2) is 7.79. The van der Waals surface area contributed by atoms with Gasteiger partial charge < -0.3 is 15.1 Å². The van der Waals surface area contributed by atoms with Gasteiger partial charge in [-0.15, -0.1) is 5.92 Å². The summed E-state index contributed by atoms with van der Waals surface area (Å²) in [6.07, 6.45) is 8.58. The summed E-state index contributed by atoms with van der Waals surface area (Å²) in [4.78, 5) is 2.14. The van der Waals surface area contributed by atoms with Gasteiger partial charge in [0.15, 0.2) is 0 Å². The fourth-order valence-corrected chi connectivity index (χ4v) is 7.50. The van der Waals surface area contributed by atoms with E-state index in [1.807, 2.05) is 6.92 Å². The van der Waals surface area contributed by atoms with Crippen molar-refractivity contribution in [2.45, 2.75) is 76.4 Å². The number of nitrogens with zero attached hydrogens (tertiary/aromatic N) is 1. The van der Waals surface area contributed by atoms with E-state index in [4.69, 9.17) is 0 Å². The maximum absolute atomic E-state index is 11.7. The minimum atomic E-state index is -0.899. The van der Waals surface area contributed by atoms with E-state index in [1.165, 1.54) is 22.4 Å². The lowest BCUT2D eigenvalue weighted by Crippen LogP contribution is -2.51. The summed E-state index contributed by atoms with van der Waals surface area (Å²) < 4.78 is 0. The van der Waals surface area contributed by atoms with Crippen molar-refractivity contribution in [3.8, 4) is 11.8 Å². The second-order valence-electron chi connectivity index (χ2n) is 10.9. The average molecular weight is 432 g/mol. The average Bonchev–Trinajstić information content (AvgIpc) is 3.03. The minimum absolute atomic E-state index is 0.203.